The third-order valence-electron chi connectivity index (χ3n) is 17.9. The maximum absolute atomic E-state index is 11.4. The molecular formula is C78H100O12Si2. The van der Waals surface area contributed by atoms with E-state index in [0.29, 0.717) is 45.2 Å². The van der Waals surface area contributed by atoms with Crippen LogP contribution in [0.1, 0.15) is 132 Å². The van der Waals surface area contributed by atoms with Gasteiger partial charge in [-0.25, -0.2) is 0 Å². The summed E-state index contributed by atoms with van der Waals surface area (Å²) in [5.41, 5.74) is 2.26. The Morgan fingerprint density at radius 2 is 0.924 bits per heavy atom. The van der Waals surface area contributed by atoms with Crippen molar-refractivity contribution in [2.45, 2.75) is 198 Å². The highest BCUT2D eigenvalue weighted by Crippen LogP contribution is 2.40. The number of aliphatic hydroxyl groups is 1. The quantitative estimate of drug-likeness (QED) is 0.0395. The Balaban J connectivity index is 0.000000200. The molecule has 92 heavy (non-hydrogen) atoms. The van der Waals surface area contributed by atoms with Gasteiger partial charge in [-0.05, 0) is 145 Å². The minimum atomic E-state index is -2.69. The van der Waals surface area contributed by atoms with E-state index < -0.39 is 46.5 Å². The second-order valence-electron chi connectivity index (χ2n) is 27.4. The molecule has 10 rings (SSSR count). The van der Waals surface area contributed by atoms with Crippen LogP contribution in [0.5, 0.6) is 11.5 Å². The van der Waals surface area contributed by atoms with Crippen LogP contribution in [0.25, 0.3) is 0 Å². The zero-order valence-electron chi connectivity index (χ0n) is 56.4. The first-order valence-electron chi connectivity index (χ1n) is 32.9. The highest BCUT2D eigenvalue weighted by atomic mass is 28.4. The van der Waals surface area contributed by atoms with Gasteiger partial charge in [0.25, 0.3) is 16.6 Å². The van der Waals surface area contributed by atoms with Gasteiger partial charge >= 0.3 is 0 Å². The van der Waals surface area contributed by atoms with Gasteiger partial charge in [-0.15, -0.1) is 12.3 Å². The second kappa shape index (κ2) is 32.8. The van der Waals surface area contributed by atoms with Crippen molar-refractivity contribution in [3.63, 3.8) is 0 Å². The molecule has 0 amide bonds. The monoisotopic (exact) mass is 1280 g/mol. The zero-order chi connectivity index (χ0) is 66.0. The molecule has 0 spiro atoms. The topological polar surface area (TPSA) is 130 Å². The molecule has 12 nitrogen and oxygen atoms in total. The van der Waals surface area contributed by atoms with Crippen molar-refractivity contribution in [2.24, 2.45) is 11.8 Å². The summed E-state index contributed by atoms with van der Waals surface area (Å²) in [5.74, 6) is 9.81. The summed E-state index contributed by atoms with van der Waals surface area (Å²) in [4.78, 5) is 11.4. The number of benzene rings is 6. The number of terminal acetylenes is 1. The van der Waals surface area contributed by atoms with Crippen LogP contribution in [0, 0.1) is 36.0 Å². The lowest BCUT2D eigenvalue weighted by atomic mass is 10.0. The van der Waals surface area contributed by atoms with E-state index in [1.54, 1.807) is 14.2 Å². The molecule has 2 aliphatic heterocycles. The minimum Gasteiger partial charge on any atom is -0.497 e. The van der Waals surface area contributed by atoms with E-state index in [9.17, 15) is 9.90 Å². The first-order valence-corrected chi connectivity index (χ1v) is 36.7. The Labute approximate surface area is 551 Å². The van der Waals surface area contributed by atoms with Crippen LogP contribution in [0.2, 0.25) is 10.1 Å². The molecule has 2 aliphatic carbocycles. The molecule has 6 unspecified atom stereocenters. The fourth-order valence-corrected chi connectivity index (χ4v) is 22.6. The Kier molecular flexibility index (Phi) is 25.5. The highest BCUT2D eigenvalue weighted by molar-refractivity contribution is 7.00. The van der Waals surface area contributed by atoms with E-state index >= 15 is 0 Å². The molecule has 2 heterocycles. The summed E-state index contributed by atoms with van der Waals surface area (Å²) in [5, 5.41) is 16.1. The standard InChI is InChI=1S/C39H50O6Si.C24H32O4Si.C15H18O2/c1-38(2,3)46(32-15-9-7-10-16-32,33-17-11-8-12-18-33)43-27-26-36-37(45-39(4,5)44-36)34(40)25-22-30-14-13-19-35(30)42-28-29-20-23-31(41-6)24-21-29;1-23(2,3)29(19-12-8-6-9-13-19,20-14-10-7-11-15-20)26-17-16-21-22(18-25)28-24(4,5)27-21;1-3-13-5-4-6-15(13)17-11-12-7-9-14(16-2)10-8-12/h7-12,15-18,20-21,23-24,30,34-37,40H,13-14,19,26-28H2,1-6H3;6-15,18,21-22H,16-17H2,1-5H3;1,7-10,13,15H,4-6,11H2,2H3/t30-,34?,35+,36?,37?;;13?,15-/m1.1/s1. The summed E-state index contributed by atoms with van der Waals surface area (Å²) >= 11 is 0. The van der Waals surface area contributed by atoms with Crippen molar-refractivity contribution in [2.75, 3.05) is 27.4 Å². The molecule has 0 aromatic heterocycles. The van der Waals surface area contributed by atoms with Crippen LogP contribution in [0.15, 0.2) is 170 Å². The largest absolute Gasteiger partial charge is 0.497 e. The smallest absolute Gasteiger partial charge is 0.261 e. The molecule has 492 valence electrons. The minimum absolute atomic E-state index is 0.0367. The maximum Gasteiger partial charge on any atom is 0.261 e. The lowest BCUT2D eigenvalue weighted by molar-refractivity contribution is -0.152. The number of ether oxygens (including phenoxy) is 8. The number of hydrogen-bond donors (Lipinski definition) is 1. The van der Waals surface area contributed by atoms with Crippen LogP contribution >= 0.6 is 0 Å². The predicted octanol–water partition coefficient (Wildman–Crippen LogP) is 12.9. The van der Waals surface area contributed by atoms with E-state index in [1.807, 2.05) is 88.4 Å². The van der Waals surface area contributed by atoms with Gasteiger partial charge in [0.1, 0.15) is 29.8 Å². The summed E-state index contributed by atoms with van der Waals surface area (Å²) in [6, 6.07) is 58.2. The van der Waals surface area contributed by atoms with E-state index in [4.69, 9.17) is 53.2 Å². The van der Waals surface area contributed by atoms with Gasteiger partial charge < -0.3 is 56.6 Å². The van der Waals surface area contributed by atoms with Crippen LogP contribution in [0.4, 0.5) is 0 Å². The fraction of sp³-hybridized carbons (Fsp3) is 0.474. The molecule has 6 aromatic carbocycles. The van der Waals surface area contributed by atoms with Gasteiger partial charge in [-0.1, -0.05) is 199 Å². The van der Waals surface area contributed by atoms with Gasteiger partial charge in [-0.2, -0.15) is 0 Å². The Bertz CT molecular complexity index is 3200. The Morgan fingerprint density at radius 1 is 0.543 bits per heavy atom. The Morgan fingerprint density at radius 3 is 1.32 bits per heavy atom. The van der Waals surface area contributed by atoms with Crippen LogP contribution in [0.3, 0.4) is 0 Å². The van der Waals surface area contributed by atoms with Crippen molar-refractivity contribution >= 4 is 43.7 Å². The first-order chi connectivity index (χ1) is 44.0. The van der Waals surface area contributed by atoms with Gasteiger partial charge in [0.2, 0.25) is 0 Å². The van der Waals surface area contributed by atoms with Crippen molar-refractivity contribution in [1.29, 1.82) is 0 Å². The summed E-state index contributed by atoms with van der Waals surface area (Å²) < 4.78 is 60.8. The lowest BCUT2D eigenvalue weighted by Crippen LogP contribution is -2.66. The third kappa shape index (κ3) is 18.4. The summed E-state index contributed by atoms with van der Waals surface area (Å²) in [7, 11) is -1.93. The zero-order valence-corrected chi connectivity index (χ0v) is 58.4. The van der Waals surface area contributed by atoms with E-state index in [-0.39, 0.29) is 40.4 Å². The Hall–Kier alpha value is -6.22. The molecule has 4 fully saturated rings. The van der Waals surface area contributed by atoms with E-state index in [1.165, 1.54) is 27.2 Å². The first kappa shape index (κ1) is 71.6. The van der Waals surface area contributed by atoms with Crippen molar-refractivity contribution < 1.29 is 56.6 Å². The molecule has 0 bridgehead atoms. The number of carbonyl (C=O) groups excluding carboxylic acids is 1. The molecule has 6 aromatic rings. The molecule has 1 N–H and O–H groups in total. The third-order valence-corrected chi connectivity index (χ3v) is 28.0. The SMILES string of the molecule is C#CC1CCC[C@H]1OCc1ccc(OC)cc1.CC1(C)OC(C=O)C(CCO[Si](c2ccccc2)(c2ccccc2)C(C)(C)C)O1.COc1ccc(CO[C@H]2CCC[C@@H]2C#CC(O)C2OC(C)(C)OC2CCO[Si](c2ccccc2)(c2ccccc2)C(C)(C)C)cc1. The fourth-order valence-electron chi connectivity index (χ4n) is 13.5. The number of aliphatic hydroxyl groups excluding tert-OH is 1. The number of rotatable bonds is 22. The number of hydrogen-bond acceptors (Lipinski definition) is 12. The highest BCUT2D eigenvalue weighted by Gasteiger charge is 2.53. The van der Waals surface area contributed by atoms with Gasteiger partial charge in [-0.3, -0.25) is 0 Å². The number of carbonyl (C=O) groups is 1. The number of methoxy groups -OCH3 is 2. The van der Waals surface area contributed by atoms with Crippen LogP contribution in [-0.4, -0.2) is 110 Å². The normalized spacial score (nSPS) is 22.9. The molecule has 0 radical (unpaired) electrons. The van der Waals surface area contributed by atoms with Gasteiger partial charge in [0.15, 0.2) is 17.9 Å². The van der Waals surface area contributed by atoms with Gasteiger partial charge in [0.05, 0.1) is 51.8 Å². The molecule has 2 saturated heterocycles. The average Bonchev–Trinajstić information content (AvgIpc) is 1.08. The maximum atomic E-state index is 11.4. The van der Waals surface area contributed by atoms with Gasteiger partial charge in [0, 0.05) is 25.0 Å². The molecule has 9 atom stereocenters. The molecule has 4 aliphatic rings. The van der Waals surface area contributed by atoms with Crippen molar-refractivity contribution in [3.8, 4) is 35.7 Å². The lowest BCUT2D eigenvalue weighted by Gasteiger charge is -2.43. The van der Waals surface area contributed by atoms with Crippen LogP contribution < -0.4 is 30.2 Å². The van der Waals surface area contributed by atoms with E-state index in [0.717, 1.165) is 61.0 Å². The molecule has 2 saturated carbocycles. The molecule has 14 heteroatoms. The average molecular weight is 1290 g/mol. The summed E-state index contributed by atoms with van der Waals surface area (Å²) in [6.07, 6.45) is 11.4. The van der Waals surface area contributed by atoms with E-state index in [2.05, 4.69) is 168 Å². The van der Waals surface area contributed by atoms with Crippen molar-refractivity contribution in [1.82, 2.24) is 0 Å². The predicted molar refractivity (Wildman–Crippen MR) is 371 cm³/mol. The second-order valence-corrected chi connectivity index (χ2v) is 36.0. The molecular weight excluding hydrogens is 1190 g/mol. The number of aldehydes is 1. The van der Waals surface area contributed by atoms with Crippen molar-refractivity contribution in [3.05, 3.63) is 181 Å². The summed E-state index contributed by atoms with van der Waals surface area (Å²) in [6.45, 7) is 23.2. The van der Waals surface area contributed by atoms with Crippen LogP contribution in [-0.2, 0) is 55.3 Å².